The number of sulfone groups is 1. The Morgan fingerprint density at radius 3 is 2.40 bits per heavy atom. The predicted molar refractivity (Wildman–Crippen MR) is 84.0 cm³/mol. The molecule has 0 bridgehead atoms. The van der Waals surface area contributed by atoms with Gasteiger partial charge in [0.1, 0.15) is 5.75 Å². The molecule has 5 nitrogen and oxygen atoms in total. The summed E-state index contributed by atoms with van der Waals surface area (Å²) in [6.07, 6.45) is 1.29. The molecule has 0 aliphatic heterocycles. The molecule has 114 valence electrons. The van der Waals surface area contributed by atoms with Crippen molar-refractivity contribution in [2.45, 2.75) is 38.5 Å². The number of nitrogen functional groups attached to an aromatic ring is 1. The second-order valence-electron chi connectivity index (χ2n) is 5.84. The van der Waals surface area contributed by atoms with Crippen LogP contribution in [0.4, 0.5) is 11.4 Å². The van der Waals surface area contributed by atoms with Crippen LogP contribution in [0.25, 0.3) is 0 Å². The van der Waals surface area contributed by atoms with E-state index in [0.29, 0.717) is 18.0 Å². The lowest BCUT2D eigenvalue weighted by Gasteiger charge is -2.23. The van der Waals surface area contributed by atoms with Crippen LogP contribution in [0, 0.1) is 0 Å². The van der Waals surface area contributed by atoms with E-state index in [2.05, 4.69) is 5.32 Å². The van der Waals surface area contributed by atoms with Gasteiger partial charge in [0.05, 0.1) is 10.9 Å². The minimum atomic E-state index is -3.14. The number of rotatable bonds is 6. The predicted octanol–water partition coefficient (Wildman–Crippen LogP) is 2.29. The second kappa shape index (κ2) is 5.91. The number of anilines is 2. The maximum absolute atomic E-state index is 11.7. The Bertz CT molecular complexity index is 566. The van der Waals surface area contributed by atoms with Crippen molar-refractivity contribution >= 4 is 21.2 Å². The molecule has 0 spiro atoms. The van der Waals surface area contributed by atoms with E-state index in [1.165, 1.54) is 6.26 Å². The summed E-state index contributed by atoms with van der Waals surface area (Å²) >= 11 is 0. The molecule has 3 N–H and O–H groups in total. The van der Waals surface area contributed by atoms with E-state index < -0.39 is 14.6 Å². The van der Waals surface area contributed by atoms with Gasteiger partial charge in [0.25, 0.3) is 0 Å². The van der Waals surface area contributed by atoms with Crippen molar-refractivity contribution in [3.05, 3.63) is 18.2 Å². The number of nitrogens with two attached hydrogens (primary N) is 1. The van der Waals surface area contributed by atoms with E-state index in [1.54, 1.807) is 26.0 Å². The molecule has 0 radical (unpaired) electrons. The van der Waals surface area contributed by atoms with Crippen LogP contribution in [0.1, 0.15) is 27.7 Å². The first-order valence-corrected chi connectivity index (χ1v) is 8.41. The molecule has 0 heterocycles. The Balaban J connectivity index is 2.86. The van der Waals surface area contributed by atoms with E-state index in [4.69, 9.17) is 10.5 Å². The van der Waals surface area contributed by atoms with Crippen molar-refractivity contribution in [1.29, 1.82) is 0 Å². The SMILES string of the molecule is CC(C)Oc1cc(N)cc(NCC(C)(C)S(C)(=O)=O)c1. The highest BCUT2D eigenvalue weighted by atomic mass is 32.2. The first-order chi connectivity index (χ1) is 9.01. The number of nitrogens with one attached hydrogen (secondary N) is 1. The molecule has 0 aliphatic rings. The van der Waals surface area contributed by atoms with Gasteiger partial charge in [-0.05, 0) is 33.8 Å². The van der Waals surface area contributed by atoms with E-state index in [1.807, 2.05) is 19.9 Å². The minimum absolute atomic E-state index is 0.0529. The number of hydrogen-bond acceptors (Lipinski definition) is 5. The van der Waals surface area contributed by atoms with Crippen LogP contribution in [-0.4, -0.2) is 32.1 Å². The van der Waals surface area contributed by atoms with Gasteiger partial charge in [0.15, 0.2) is 9.84 Å². The van der Waals surface area contributed by atoms with Crippen LogP contribution in [0.2, 0.25) is 0 Å². The fourth-order valence-electron chi connectivity index (χ4n) is 1.51. The minimum Gasteiger partial charge on any atom is -0.491 e. The Labute approximate surface area is 121 Å². The van der Waals surface area contributed by atoms with Gasteiger partial charge in [-0.1, -0.05) is 0 Å². The monoisotopic (exact) mass is 300 g/mol. The molecule has 0 saturated carbocycles. The normalized spacial score (nSPS) is 12.5. The molecular weight excluding hydrogens is 276 g/mol. The summed E-state index contributed by atoms with van der Waals surface area (Å²) in [4.78, 5) is 0. The fourth-order valence-corrected chi connectivity index (χ4v) is 1.84. The molecule has 0 saturated heterocycles. The van der Waals surface area contributed by atoms with Crippen LogP contribution in [0.15, 0.2) is 18.2 Å². The first-order valence-electron chi connectivity index (χ1n) is 6.52. The average molecular weight is 300 g/mol. The van der Waals surface area contributed by atoms with Crippen molar-refractivity contribution in [1.82, 2.24) is 0 Å². The van der Waals surface area contributed by atoms with Crippen LogP contribution in [-0.2, 0) is 9.84 Å². The molecule has 0 fully saturated rings. The topological polar surface area (TPSA) is 81.4 Å². The summed E-state index contributed by atoms with van der Waals surface area (Å²) in [5.41, 5.74) is 7.14. The Hall–Kier alpha value is -1.43. The summed E-state index contributed by atoms with van der Waals surface area (Å²) in [6, 6.07) is 5.31. The Kier molecular flexibility index (Phi) is 4.91. The van der Waals surface area contributed by atoms with Crippen LogP contribution >= 0.6 is 0 Å². The molecule has 6 heteroatoms. The zero-order chi connectivity index (χ0) is 15.6. The molecule has 0 amide bonds. The van der Waals surface area contributed by atoms with E-state index in [9.17, 15) is 8.42 Å². The molecule has 1 aromatic carbocycles. The van der Waals surface area contributed by atoms with Crippen molar-refractivity contribution in [2.75, 3.05) is 23.9 Å². The largest absolute Gasteiger partial charge is 0.491 e. The smallest absolute Gasteiger partial charge is 0.154 e. The Morgan fingerprint density at radius 1 is 1.30 bits per heavy atom. The summed E-state index contributed by atoms with van der Waals surface area (Å²) in [5, 5.41) is 3.11. The third kappa shape index (κ3) is 4.59. The lowest BCUT2D eigenvalue weighted by Crippen LogP contribution is -2.38. The Morgan fingerprint density at radius 2 is 1.90 bits per heavy atom. The van der Waals surface area contributed by atoms with Gasteiger partial charge in [0.2, 0.25) is 0 Å². The highest BCUT2D eigenvalue weighted by Gasteiger charge is 2.29. The molecule has 0 atom stereocenters. The molecule has 1 rings (SSSR count). The van der Waals surface area contributed by atoms with Gasteiger partial charge < -0.3 is 15.8 Å². The summed E-state index contributed by atoms with van der Waals surface area (Å²) in [5.74, 6) is 0.666. The first kappa shape index (κ1) is 16.6. The van der Waals surface area contributed by atoms with Crippen LogP contribution < -0.4 is 15.8 Å². The van der Waals surface area contributed by atoms with Crippen molar-refractivity contribution in [3.8, 4) is 5.75 Å². The maximum Gasteiger partial charge on any atom is 0.154 e. The highest BCUT2D eigenvalue weighted by Crippen LogP contribution is 2.25. The second-order valence-corrected chi connectivity index (χ2v) is 8.49. The van der Waals surface area contributed by atoms with Crippen molar-refractivity contribution in [2.24, 2.45) is 0 Å². The quantitative estimate of drug-likeness (QED) is 0.788. The van der Waals surface area contributed by atoms with Gasteiger partial charge in [-0.15, -0.1) is 0 Å². The van der Waals surface area contributed by atoms with Gasteiger partial charge in [0, 0.05) is 36.3 Å². The third-order valence-corrected chi connectivity index (χ3v) is 5.17. The molecule has 0 aliphatic carbocycles. The van der Waals surface area contributed by atoms with Gasteiger partial charge >= 0.3 is 0 Å². The lowest BCUT2D eigenvalue weighted by atomic mass is 10.2. The summed E-state index contributed by atoms with van der Waals surface area (Å²) < 4.78 is 28.1. The fraction of sp³-hybridized carbons (Fsp3) is 0.571. The lowest BCUT2D eigenvalue weighted by molar-refractivity contribution is 0.242. The van der Waals surface area contributed by atoms with E-state index in [-0.39, 0.29) is 6.10 Å². The standard InChI is InChI=1S/C14H24N2O3S/c1-10(2)19-13-7-11(15)6-12(8-13)16-9-14(3,4)20(5,17)18/h6-8,10,16H,9,15H2,1-5H3. The number of benzene rings is 1. The molecule has 0 unspecified atom stereocenters. The summed E-state index contributed by atoms with van der Waals surface area (Å²) in [6.45, 7) is 7.54. The van der Waals surface area contributed by atoms with Crippen molar-refractivity contribution < 1.29 is 13.2 Å². The molecule has 0 aromatic heterocycles. The zero-order valence-corrected chi connectivity index (χ0v) is 13.5. The van der Waals surface area contributed by atoms with E-state index >= 15 is 0 Å². The molecule has 1 aromatic rings. The van der Waals surface area contributed by atoms with Crippen LogP contribution in [0.5, 0.6) is 5.75 Å². The number of ether oxygens (including phenoxy) is 1. The van der Waals surface area contributed by atoms with Crippen LogP contribution in [0.3, 0.4) is 0 Å². The highest BCUT2D eigenvalue weighted by molar-refractivity contribution is 7.92. The average Bonchev–Trinajstić information content (AvgIpc) is 2.23. The summed E-state index contributed by atoms with van der Waals surface area (Å²) in [7, 11) is -3.14. The van der Waals surface area contributed by atoms with Gasteiger partial charge in [-0.25, -0.2) is 8.42 Å². The van der Waals surface area contributed by atoms with E-state index in [0.717, 1.165) is 5.69 Å². The molecular formula is C14H24N2O3S. The van der Waals surface area contributed by atoms with Gasteiger partial charge in [-0.3, -0.25) is 0 Å². The van der Waals surface area contributed by atoms with Crippen molar-refractivity contribution in [3.63, 3.8) is 0 Å². The molecule has 20 heavy (non-hydrogen) atoms. The zero-order valence-electron chi connectivity index (χ0n) is 12.7. The van der Waals surface area contributed by atoms with Gasteiger partial charge in [-0.2, -0.15) is 0 Å². The number of hydrogen-bond donors (Lipinski definition) is 2. The third-order valence-electron chi connectivity index (χ3n) is 3.02. The maximum atomic E-state index is 11.7.